The van der Waals surface area contributed by atoms with E-state index in [0.717, 1.165) is 73.0 Å². The molecule has 2 heterocycles. The van der Waals surface area contributed by atoms with E-state index in [1.54, 1.807) is 7.11 Å². The van der Waals surface area contributed by atoms with Crippen LogP contribution >= 0.6 is 0 Å². The van der Waals surface area contributed by atoms with Gasteiger partial charge in [-0.1, -0.05) is 78.9 Å². The maximum absolute atomic E-state index is 13.4. The summed E-state index contributed by atoms with van der Waals surface area (Å²) >= 11 is 0. The molecule has 1 aliphatic heterocycles. The molecule has 0 N–H and O–H groups in total. The predicted molar refractivity (Wildman–Crippen MR) is 147 cm³/mol. The van der Waals surface area contributed by atoms with Gasteiger partial charge in [0.2, 0.25) is 0 Å². The highest BCUT2D eigenvalue weighted by Gasteiger charge is 2.25. The number of likely N-dealkylation sites (tertiary alicyclic amines) is 1. The third kappa shape index (κ3) is 5.58. The quantitative estimate of drug-likeness (QED) is 0.254. The largest absolute Gasteiger partial charge is 0.380 e. The van der Waals surface area contributed by atoms with Crippen LogP contribution in [0.2, 0.25) is 0 Å². The van der Waals surface area contributed by atoms with Gasteiger partial charge in [0.15, 0.2) is 11.6 Å². The molecule has 37 heavy (non-hydrogen) atoms. The van der Waals surface area contributed by atoms with Gasteiger partial charge in [0.25, 0.3) is 0 Å². The normalized spacial score (nSPS) is 14.7. The second-order valence-electron chi connectivity index (χ2n) is 9.88. The molecule has 0 spiro atoms. The molecule has 1 aromatic heterocycles. The van der Waals surface area contributed by atoms with Gasteiger partial charge in [0, 0.05) is 53.4 Å². The number of benzene rings is 3. The molecule has 5 nitrogen and oxygen atoms in total. The zero-order valence-electron chi connectivity index (χ0n) is 21.4. The summed E-state index contributed by atoms with van der Waals surface area (Å²) < 4.78 is 7.70. The minimum atomic E-state index is 0.0454. The molecule has 1 fully saturated rings. The van der Waals surface area contributed by atoms with Crippen LogP contribution < -0.4 is 0 Å². The van der Waals surface area contributed by atoms with Crippen LogP contribution in [0.25, 0.3) is 10.9 Å². The number of carbonyl (C=O) groups excluding carboxylic acids is 2. The number of hydrogen-bond donors (Lipinski definition) is 0. The van der Waals surface area contributed by atoms with E-state index in [2.05, 4.69) is 15.5 Å². The third-order valence-electron chi connectivity index (χ3n) is 7.45. The number of para-hydroxylation sites is 1. The fourth-order valence-electron chi connectivity index (χ4n) is 5.53. The lowest BCUT2D eigenvalue weighted by Crippen LogP contribution is -2.37. The van der Waals surface area contributed by atoms with Gasteiger partial charge in [-0.25, -0.2) is 0 Å². The average Bonchev–Trinajstić information content (AvgIpc) is 3.33. The second kappa shape index (κ2) is 11.7. The Morgan fingerprint density at radius 1 is 0.838 bits per heavy atom. The van der Waals surface area contributed by atoms with Crippen molar-refractivity contribution >= 4 is 22.5 Å². The molecule has 4 aromatic rings. The van der Waals surface area contributed by atoms with E-state index in [1.807, 2.05) is 79.0 Å². The van der Waals surface area contributed by atoms with E-state index in [1.165, 1.54) is 0 Å². The van der Waals surface area contributed by atoms with E-state index in [9.17, 15) is 9.59 Å². The highest BCUT2D eigenvalue weighted by atomic mass is 16.5. The zero-order valence-corrected chi connectivity index (χ0v) is 21.4. The first-order chi connectivity index (χ1) is 18.2. The fraction of sp³-hybridized carbons (Fsp3) is 0.312. The minimum absolute atomic E-state index is 0.0454. The topological polar surface area (TPSA) is 51.5 Å². The Balaban J connectivity index is 1.26. The van der Waals surface area contributed by atoms with Gasteiger partial charge in [0.1, 0.15) is 0 Å². The van der Waals surface area contributed by atoms with Crippen LogP contribution in [0.5, 0.6) is 0 Å². The van der Waals surface area contributed by atoms with Crippen LogP contribution in [0.3, 0.4) is 0 Å². The number of rotatable bonds is 10. The van der Waals surface area contributed by atoms with Crippen LogP contribution in [0.15, 0.2) is 85.1 Å². The van der Waals surface area contributed by atoms with Crippen molar-refractivity contribution in [3.8, 4) is 0 Å². The van der Waals surface area contributed by atoms with E-state index < -0.39 is 0 Å². The Kier molecular flexibility index (Phi) is 7.93. The number of ketones is 2. The summed E-state index contributed by atoms with van der Waals surface area (Å²) in [6, 6.07) is 25.3. The number of nitrogens with zero attached hydrogens (tertiary/aromatic N) is 2. The van der Waals surface area contributed by atoms with Crippen LogP contribution in [-0.4, -0.2) is 47.8 Å². The molecule has 5 heteroatoms. The van der Waals surface area contributed by atoms with Gasteiger partial charge in [-0.3, -0.25) is 9.59 Å². The molecular formula is C32H34N2O3. The van der Waals surface area contributed by atoms with Crippen LogP contribution in [0.4, 0.5) is 0 Å². The number of aromatic nitrogens is 1. The standard InChI is InChI=1S/C32H34N2O3/c1-37-23-27-14-8-15-28-29(32(36)25-12-6-3-7-13-25)22-34(30(27)28)19-9-18-33-20-16-26(17-21-33)31(35)24-10-4-2-5-11-24/h2-8,10-15,22,26H,9,16-21,23H2,1H3. The predicted octanol–water partition coefficient (Wildman–Crippen LogP) is 6.00. The lowest BCUT2D eigenvalue weighted by atomic mass is 9.89. The first kappa shape index (κ1) is 25.1. The SMILES string of the molecule is COCc1cccc2c(C(=O)c3ccccc3)cn(CCCN3CCC(C(=O)c4ccccc4)CC3)c12. The van der Waals surface area contributed by atoms with Gasteiger partial charge in [-0.2, -0.15) is 0 Å². The van der Waals surface area contributed by atoms with Crippen molar-refractivity contribution in [3.63, 3.8) is 0 Å². The van der Waals surface area contributed by atoms with Crippen LogP contribution in [0, 0.1) is 5.92 Å². The highest BCUT2D eigenvalue weighted by molar-refractivity contribution is 6.16. The van der Waals surface area contributed by atoms with Crippen LogP contribution in [-0.2, 0) is 17.9 Å². The molecule has 0 radical (unpaired) electrons. The maximum Gasteiger partial charge on any atom is 0.195 e. The lowest BCUT2D eigenvalue weighted by Gasteiger charge is -2.31. The average molecular weight is 495 g/mol. The van der Waals surface area contributed by atoms with Crippen molar-refractivity contribution in [2.24, 2.45) is 5.92 Å². The monoisotopic (exact) mass is 494 g/mol. The van der Waals surface area contributed by atoms with E-state index in [-0.39, 0.29) is 17.5 Å². The number of methoxy groups -OCH3 is 1. The summed E-state index contributed by atoms with van der Waals surface area (Å²) in [7, 11) is 1.70. The number of hydrogen-bond acceptors (Lipinski definition) is 4. The van der Waals surface area contributed by atoms with Gasteiger partial charge in [0.05, 0.1) is 12.1 Å². The second-order valence-corrected chi connectivity index (χ2v) is 9.88. The fourth-order valence-corrected chi connectivity index (χ4v) is 5.53. The summed E-state index contributed by atoms with van der Waals surface area (Å²) in [5.41, 5.74) is 4.43. The molecule has 190 valence electrons. The number of carbonyl (C=O) groups is 2. The van der Waals surface area contributed by atoms with Crippen molar-refractivity contribution in [2.75, 3.05) is 26.7 Å². The molecule has 3 aromatic carbocycles. The van der Waals surface area contributed by atoms with Crippen molar-refractivity contribution < 1.29 is 14.3 Å². The minimum Gasteiger partial charge on any atom is -0.380 e. The Hall–Kier alpha value is -3.54. The van der Waals surface area contributed by atoms with Gasteiger partial charge < -0.3 is 14.2 Å². The molecule has 0 unspecified atom stereocenters. The summed E-state index contributed by atoms with van der Waals surface area (Å²) in [5.74, 6) is 0.444. The molecule has 5 rings (SSSR count). The number of aryl methyl sites for hydroxylation is 1. The number of ether oxygens (including phenoxy) is 1. The summed E-state index contributed by atoms with van der Waals surface area (Å²) in [5, 5.41) is 0.976. The maximum atomic E-state index is 13.4. The molecule has 0 bridgehead atoms. The first-order valence-electron chi connectivity index (χ1n) is 13.2. The van der Waals surface area contributed by atoms with Crippen molar-refractivity contribution in [1.82, 2.24) is 9.47 Å². The number of fused-ring (bicyclic) bond motifs is 1. The summed E-state index contributed by atoms with van der Waals surface area (Å²) in [6.07, 6.45) is 4.81. The van der Waals surface area contributed by atoms with Crippen molar-refractivity contribution in [2.45, 2.75) is 32.4 Å². The molecular weight excluding hydrogens is 460 g/mol. The number of piperidine rings is 1. The Labute approximate surface area is 218 Å². The Morgan fingerprint density at radius 3 is 2.19 bits per heavy atom. The van der Waals surface area contributed by atoms with Gasteiger partial charge >= 0.3 is 0 Å². The first-order valence-corrected chi connectivity index (χ1v) is 13.2. The molecule has 0 aliphatic carbocycles. The van der Waals surface area contributed by atoms with Gasteiger partial charge in [-0.05, 0) is 38.9 Å². The van der Waals surface area contributed by atoms with E-state index in [0.29, 0.717) is 12.2 Å². The molecule has 1 saturated heterocycles. The van der Waals surface area contributed by atoms with E-state index >= 15 is 0 Å². The Morgan fingerprint density at radius 2 is 1.51 bits per heavy atom. The molecule has 0 atom stereocenters. The van der Waals surface area contributed by atoms with Crippen molar-refractivity contribution in [3.05, 3.63) is 107 Å². The van der Waals surface area contributed by atoms with Gasteiger partial charge in [-0.15, -0.1) is 0 Å². The van der Waals surface area contributed by atoms with Crippen molar-refractivity contribution in [1.29, 1.82) is 0 Å². The number of Topliss-reactive ketones (excluding diaryl/α,β-unsaturated/α-hetero) is 1. The Bertz CT molecular complexity index is 1350. The summed E-state index contributed by atoms with van der Waals surface area (Å²) in [4.78, 5) is 28.7. The summed E-state index contributed by atoms with van der Waals surface area (Å²) in [6.45, 7) is 4.19. The molecule has 0 saturated carbocycles. The lowest BCUT2D eigenvalue weighted by molar-refractivity contribution is 0.0838. The molecule has 1 aliphatic rings. The molecule has 0 amide bonds. The third-order valence-corrected chi connectivity index (χ3v) is 7.45. The smallest absolute Gasteiger partial charge is 0.195 e. The van der Waals surface area contributed by atoms with Crippen LogP contribution in [0.1, 0.15) is 51.1 Å². The zero-order chi connectivity index (χ0) is 25.6. The van der Waals surface area contributed by atoms with E-state index in [4.69, 9.17) is 4.74 Å². The highest BCUT2D eigenvalue weighted by Crippen LogP contribution is 2.28.